The average Bonchev–Trinajstić information content (AvgIpc) is 2.38. The molecule has 2 aromatic rings. The van der Waals surface area contributed by atoms with Crippen molar-refractivity contribution in [1.29, 1.82) is 0 Å². The minimum atomic E-state index is 0.514. The van der Waals surface area contributed by atoms with E-state index < -0.39 is 0 Å². The summed E-state index contributed by atoms with van der Waals surface area (Å²) in [6.45, 7) is 4.87. The second-order valence-corrected chi connectivity index (χ2v) is 4.52. The van der Waals surface area contributed by atoms with Gasteiger partial charge in [-0.1, -0.05) is 30.7 Å². The predicted octanol–water partition coefficient (Wildman–Crippen LogP) is 3.61. The fraction of sp³-hybridized carbons (Fsp3) is 0.286. The number of aryl methyl sites for hydroxylation is 2. The van der Waals surface area contributed by atoms with E-state index in [1.807, 2.05) is 19.1 Å². The Morgan fingerprint density at radius 2 is 2.06 bits per heavy atom. The molecule has 0 unspecified atom stereocenters. The number of pyridine rings is 2. The largest absolute Gasteiger partial charge is 0.366 e. The first-order valence-corrected chi connectivity index (χ1v) is 6.37. The summed E-state index contributed by atoms with van der Waals surface area (Å²) in [7, 11) is 0. The molecule has 2 aromatic heterocycles. The van der Waals surface area contributed by atoms with Crippen LogP contribution in [-0.2, 0) is 13.0 Å². The van der Waals surface area contributed by atoms with Crippen molar-refractivity contribution in [3.63, 3.8) is 0 Å². The van der Waals surface area contributed by atoms with E-state index in [-0.39, 0.29) is 0 Å². The Labute approximate surface area is 112 Å². The van der Waals surface area contributed by atoms with Gasteiger partial charge < -0.3 is 5.32 Å². The molecular formula is C14H16ClN3. The van der Waals surface area contributed by atoms with Crippen LogP contribution in [-0.4, -0.2) is 9.97 Å². The molecule has 0 saturated carbocycles. The van der Waals surface area contributed by atoms with Gasteiger partial charge in [0, 0.05) is 18.4 Å². The molecule has 0 aliphatic carbocycles. The highest BCUT2D eigenvalue weighted by Crippen LogP contribution is 2.12. The third-order valence-electron chi connectivity index (χ3n) is 2.84. The molecule has 3 nitrogen and oxygen atoms in total. The van der Waals surface area contributed by atoms with Crippen molar-refractivity contribution in [3.05, 3.63) is 52.4 Å². The van der Waals surface area contributed by atoms with Gasteiger partial charge in [0.15, 0.2) is 0 Å². The number of nitrogens with zero attached hydrogens (tertiary/aromatic N) is 2. The number of nitrogens with one attached hydrogen (secondary N) is 1. The average molecular weight is 262 g/mol. The Balaban J connectivity index is 2.02. The molecule has 0 saturated heterocycles. The Morgan fingerprint density at radius 1 is 1.22 bits per heavy atom. The van der Waals surface area contributed by atoms with Gasteiger partial charge in [-0.05, 0) is 36.6 Å². The summed E-state index contributed by atoms with van der Waals surface area (Å²) in [5, 5.41) is 3.79. The summed E-state index contributed by atoms with van der Waals surface area (Å²) in [4.78, 5) is 8.56. The van der Waals surface area contributed by atoms with Gasteiger partial charge in [0.05, 0.1) is 0 Å². The monoisotopic (exact) mass is 261 g/mol. The van der Waals surface area contributed by atoms with E-state index in [1.54, 1.807) is 12.3 Å². The van der Waals surface area contributed by atoms with Crippen molar-refractivity contribution >= 4 is 17.4 Å². The zero-order valence-electron chi connectivity index (χ0n) is 10.6. The maximum Gasteiger partial charge on any atom is 0.129 e. The lowest BCUT2D eigenvalue weighted by Crippen LogP contribution is -2.03. The molecule has 4 heteroatoms. The Bertz CT molecular complexity index is 523. The van der Waals surface area contributed by atoms with Crippen LogP contribution in [0.15, 0.2) is 30.5 Å². The molecule has 1 N–H and O–H groups in total. The first kappa shape index (κ1) is 12.8. The van der Waals surface area contributed by atoms with Crippen LogP contribution >= 0.6 is 11.6 Å². The zero-order chi connectivity index (χ0) is 13.0. The van der Waals surface area contributed by atoms with Crippen molar-refractivity contribution in [3.8, 4) is 0 Å². The lowest BCUT2D eigenvalue weighted by molar-refractivity contribution is 1.02. The number of aromatic nitrogens is 2. The maximum absolute atomic E-state index is 5.74. The van der Waals surface area contributed by atoms with Crippen LogP contribution in [0.5, 0.6) is 0 Å². The smallest absolute Gasteiger partial charge is 0.129 e. The quantitative estimate of drug-likeness (QED) is 0.855. The number of halogens is 1. The number of hydrogen-bond donors (Lipinski definition) is 1. The molecule has 2 heterocycles. The summed E-state index contributed by atoms with van der Waals surface area (Å²) in [6.07, 6.45) is 2.78. The predicted molar refractivity (Wildman–Crippen MR) is 74.9 cm³/mol. The Morgan fingerprint density at radius 3 is 2.67 bits per heavy atom. The summed E-state index contributed by atoms with van der Waals surface area (Å²) >= 11 is 5.74. The van der Waals surface area contributed by atoms with Crippen LogP contribution in [0, 0.1) is 6.92 Å². The minimum Gasteiger partial charge on any atom is -0.366 e. The van der Waals surface area contributed by atoms with Crippen molar-refractivity contribution in [2.45, 2.75) is 26.8 Å². The van der Waals surface area contributed by atoms with Crippen LogP contribution in [0.25, 0.3) is 0 Å². The molecule has 94 valence electrons. The first-order chi connectivity index (χ1) is 8.69. The highest BCUT2D eigenvalue weighted by molar-refractivity contribution is 6.29. The van der Waals surface area contributed by atoms with Crippen molar-refractivity contribution in [1.82, 2.24) is 9.97 Å². The second kappa shape index (κ2) is 5.83. The molecular weight excluding hydrogens is 246 g/mol. The van der Waals surface area contributed by atoms with Crippen LogP contribution < -0.4 is 5.32 Å². The molecule has 0 atom stereocenters. The summed E-state index contributed by atoms with van der Waals surface area (Å²) in [6, 6.07) is 7.87. The summed E-state index contributed by atoms with van der Waals surface area (Å²) in [5.74, 6) is 0.889. The third-order valence-corrected chi connectivity index (χ3v) is 3.06. The van der Waals surface area contributed by atoms with Crippen molar-refractivity contribution in [2.24, 2.45) is 0 Å². The molecule has 0 radical (unpaired) electrons. The molecule has 0 spiro atoms. The van der Waals surface area contributed by atoms with Crippen molar-refractivity contribution < 1.29 is 0 Å². The zero-order valence-corrected chi connectivity index (χ0v) is 11.3. The van der Waals surface area contributed by atoms with E-state index in [9.17, 15) is 0 Å². The van der Waals surface area contributed by atoms with Crippen molar-refractivity contribution in [2.75, 3.05) is 5.32 Å². The lowest BCUT2D eigenvalue weighted by atomic mass is 10.1. The van der Waals surface area contributed by atoms with Gasteiger partial charge >= 0.3 is 0 Å². The molecule has 0 amide bonds. The molecule has 0 aliphatic heterocycles. The fourth-order valence-electron chi connectivity index (χ4n) is 1.77. The maximum atomic E-state index is 5.74. The third kappa shape index (κ3) is 3.20. The Kier molecular flexibility index (Phi) is 4.15. The van der Waals surface area contributed by atoms with Gasteiger partial charge in [-0.3, -0.25) is 0 Å². The van der Waals surface area contributed by atoms with Gasteiger partial charge in [-0.25, -0.2) is 9.97 Å². The normalized spacial score (nSPS) is 10.4. The van der Waals surface area contributed by atoms with Gasteiger partial charge in [0.1, 0.15) is 11.0 Å². The summed E-state index contributed by atoms with van der Waals surface area (Å²) < 4.78 is 0. The fourth-order valence-corrected chi connectivity index (χ4v) is 1.88. The van der Waals surface area contributed by atoms with E-state index in [0.29, 0.717) is 11.7 Å². The highest BCUT2D eigenvalue weighted by atomic mass is 35.5. The van der Waals surface area contributed by atoms with E-state index >= 15 is 0 Å². The molecule has 0 aliphatic rings. The molecule has 0 fully saturated rings. The second-order valence-electron chi connectivity index (χ2n) is 4.14. The van der Waals surface area contributed by atoms with Crippen LogP contribution in [0.4, 0.5) is 5.82 Å². The van der Waals surface area contributed by atoms with E-state index in [2.05, 4.69) is 28.3 Å². The SMILES string of the molecule is CCc1ccc(NCc2ccc(Cl)nc2)nc1C. The molecule has 18 heavy (non-hydrogen) atoms. The molecule has 0 aromatic carbocycles. The lowest BCUT2D eigenvalue weighted by Gasteiger charge is -2.08. The standard InChI is InChI=1S/C14H16ClN3/c1-3-12-5-7-14(18-10(12)2)17-9-11-4-6-13(15)16-8-11/h4-8H,3,9H2,1-2H3,(H,17,18). The Hall–Kier alpha value is -1.61. The van der Waals surface area contributed by atoms with Crippen LogP contribution in [0.1, 0.15) is 23.7 Å². The minimum absolute atomic E-state index is 0.514. The summed E-state index contributed by atoms with van der Waals surface area (Å²) in [5.41, 5.74) is 3.45. The molecule has 0 bridgehead atoms. The number of hydrogen-bond acceptors (Lipinski definition) is 3. The number of rotatable bonds is 4. The van der Waals surface area contributed by atoms with E-state index in [0.717, 1.165) is 23.5 Å². The van der Waals surface area contributed by atoms with E-state index in [1.165, 1.54) is 5.56 Å². The van der Waals surface area contributed by atoms with Crippen LogP contribution in [0.2, 0.25) is 5.15 Å². The van der Waals surface area contributed by atoms with Gasteiger partial charge in [-0.2, -0.15) is 0 Å². The molecule has 2 rings (SSSR count). The first-order valence-electron chi connectivity index (χ1n) is 6.00. The van der Waals surface area contributed by atoms with E-state index in [4.69, 9.17) is 11.6 Å². The van der Waals surface area contributed by atoms with Gasteiger partial charge in [-0.15, -0.1) is 0 Å². The number of anilines is 1. The van der Waals surface area contributed by atoms with Gasteiger partial charge in [0.25, 0.3) is 0 Å². The highest BCUT2D eigenvalue weighted by Gasteiger charge is 2.00. The van der Waals surface area contributed by atoms with Gasteiger partial charge in [0.2, 0.25) is 0 Å². The van der Waals surface area contributed by atoms with Crippen LogP contribution in [0.3, 0.4) is 0 Å². The topological polar surface area (TPSA) is 37.8 Å².